The number of hydroxylamine groups is 1. The zero-order valence-electron chi connectivity index (χ0n) is 12.4. The summed E-state index contributed by atoms with van der Waals surface area (Å²) in [5, 5.41) is 0. The van der Waals surface area contributed by atoms with Crippen molar-refractivity contribution in [3.63, 3.8) is 0 Å². The van der Waals surface area contributed by atoms with Crippen molar-refractivity contribution in [2.24, 2.45) is 0 Å². The standard InChI is InChI=1S/C12H12F3NO5S3/c1-19-7-5-6(3-4-16-21-11(17)12(13,14)15)10-9(8(7)20-2)22-23-24(10)18/h5,16H,3-4H2,1-2H3/q+1. The first-order valence-corrected chi connectivity index (χ1v) is 10.2. The maximum Gasteiger partial charge on any atom is 0.492 e. The second-order valence-electron chi connectivity index (χ2n) is 4.35. The summed E-state index contributed by atoms with van der Waals surface area (Å²) in [6.45, 7) is -0.0870. The number of alkyl halides is 3. The van der Waals surface area contributed by atoms with Crippen LogP contribution in [0.15, 0.2) is 15.9 Å². The van der Waals surface area contributed by atoms with Gasteiger partial charge in [0, 0.05) is 22.9 Å². The molecule has 2 rings (SSSR count). The van der Waals surface area contributed by atoms with Crippen LogP contribution in [0.2, 0.25) is 0 Å². The first-order valence-electron chi connectivity index (χ1n) is 6.35. The van der Waals surface area contributed by atoms with E-state index in [2.05, 4.69) is 4.84 Å². The van der Waals surface area contributed by atoms with Gasteiger partial charge in [-0.1, -0.05) is 0 Å². The summed E-state index contributed by atoms with van der Waals surface area (Å²) in [6, 6.07) is 1.61. The fourth-order valence-corrected chi connectivity index (χ4v) is 7.27. The van der Waals surface area contributed by atoms with E-state index in [1.165, 1.54) is 25.0 Å². The number of halogens is 3. The third-order valence-corrected chi connectivity index (χ3v) is 7.87. The summed E-state index contributed by atoms with van der Waals surface area (Å²) < 4.78 is 58.7. The molecule has 0 spiro atoms. The van der Waals surface area contributed by atoms with Gasteiger partial charge in [0.25, 0.3) is 0 Å². The highest BCUT2D eigenvalue weighted by atomic mass is 33.5. The Morgan fingerprint density at radius 2 is 2.04 bits per heavy atom. The van der Waals surface area contributed by atoms with Crippen molar-refractivity contribution in [1.82, 2.24) is 5.48 Å². The second kappa shape index (κ2) is 7.95. The van der Waals surface area contributed by atoms with Crippen molar-refractivity contribution in [3.05, 3.63) is 11.6 Å². The number of nitrogens with one attached hydrogen (secondary N) is 1. The van der Waals surface area contributed by atoms with Gasteiger partial charge in [-0.3, -0.25) is 0 Å². The highest BCUT2D eigenvalue weighted by molar-refractivity contribution is 9.07. The zero-order valence-corrected chi connectivity index (χ0v) is 14.8. The van der Waals surface area contributed by atoms with Crippen molar-refractivity contribution < 1.29 is 36.8 Å². The Bertz CT molecular complexity index is 629. The Balaban J connectivity index is 2.11. The predicted molar refractivity (Wildman–Crippen MR) is 83.2 cm³/mol. The molecule has 0 bridgehead atoms. The number of carbonyl (C=O) groups excluding carboxylic acids is 1. The van der Waals surface area contributed by atoms with Crippen LogP contribution in [0.5, 0.6) is 11.5 Å². The van der Waals surface area contributed by atoms with Crippen LogP contribution in [-0.2, 0) is 30.8 Å². The van der Waals surface area contributed by atoms with Crippen LogP contribution in [-0.4, -0.2) is 32.9 Å². The normalized spacial score (nSPS) is 16.7. The number of carbonyl (C=O) groups is 1. The van der Waals surface area contributed by atoms with E-state index >= 15 is 0 Å². The van der Waals surface area contributed by atoms with Crippen molar-refractivity contribution in [2.45, 2.75) is 22.4 Å². The van der Waals surface area contributed by atoms with Gasteiger partial charge >= 0.3 is 22.4 Å². The van der Waals surface area contributed by atoms with Gasteiger partial charge in [-0.05, 0) is 12.5 Å². The Labute approximate surface area is 145 Å². The van der Waals surface area contributed by atoms with Crippen LogP contribution in [0.3, 0.4) is 0 Å². The molecule has 1 unspecified atom stereocenters. The molecule has 1 aromatic rings. The Morgan fingerprint density at radius 1 is 1.33 bits per heavy atom. The molecule has 1 aliphatic heterocycles. The Kier molecular flexibility index (Phi) is 6.42. The Hall–Kier alpha value is -0.950. The summed E-state index contributed by atoms with van der Waals surface area (Å²) in [7, 11) is 3.99. The van der Waals surface area contributed by atoms with Crippen LogP contribution in [0.25, 0.3) is 0 Å². The Morgan fingerprint density at radius 3 is 2.62 bits per heavy atom. The number of methoxy groups -OCH3 is 2. The fourth-order valence-electron chi connectivity index (χ4n) is 1.90. The van der Waals surface area contributed by atoms with Gasteiger partial charge in [-0.25, -0.2) is 4.79 Å². The molecule has 133 valence electrons. The lowest BCUT2D eigenvalue weighted by atomic mass is 10.1. The van der Waals surface area contributed by atoms with E-state index in [1.807, 2.05) is 5.48 Å². The molecule has 1 aliphatic rings. The van der Waals surface area contributed by atoms with Crippen LogP contribution in [0.4, 0.5) is 13.2 Å². The lowest BCUT2D eigenvalue weighted by Gasteiger charge is -2.12. The predicted octanol–water partition coefficient (Wildman–Crippen LogP) is 2.85. The molecule has 0 aliphatic carbocycles. The van der Waals surface area contributed by atoms with E-state index < -0.39 is 22.4 Å². The largest absolute Gasteiger partial charge is 0.493 e. The molecule has 6 nitrogen and oxygen atoms in total. The average Bonchev–Trinajstić information content (AvgIpc) is 2.91. The van der Waals surface area contributed by atoms with E-state index in [-0.39, 0.29) is 13.0 Å². The molecule has 1 radical (unpaired) electrons. The van der Waals surface area contributed by atoms with Gasteiger partial charge in [0.05, 0.1) is 18.8 Å². The first kappa shape index (κ1) is 19.4. The summed E-state index contributed by atoms with van der Waals surface area (Å²) in [5.41, 5.74) is 2.56. The van der Waals surface area contributed by atoms with Crippen molar-refractivity contribution in [3.8, 4) is 11.5 Å². The van der Waals surface area contributed by atoms with Crippen LogP contribution >= 0.6 is 20.6 Å². The SMILES string of the molecule is COc1cc(CCNOC(=O)C(F)(F)F)c2c(c1OC)SS[S+]2[O]. The molecule has 1 N–H and O–H groups in total. The van der Waals surface area contributed by atoms with Crippen LogP contribution in [0, 0.1) is 0 Å². The van der Waals surface area contributed by atoms with Crippen LogP contribution < -0.4 is 15.0 Å². The molecule has 12 heteroatoms. The van der Waals surface area contributed by atoms with Crippen LogP contribution in [0.1, 0.15) is 5.56 Å². The molecule has 0 aromatic heterocycles. The van der Waals surface area contributed by atoms with E-state index in [0.717, 1.165) is 9.83 Å². The van der Waals surface area contributed by atoms with E-state index in [4.69, 9.17) is 9.47 Å². The summed E-state index contributed by atoms with van der Waals surface area (Å²) in [5.74, 6) is -1.45. The molecule has 0 amide bonds. The molecule has 1 heterocycles. The summed E-state index contributed by atoms with van der Waals surface area (Å²) in [6.07, 6.45) is -4.88. The lowest BCUT2D eigenvalue weighted by molar-refractivity contribution is -0.206. The minimum Gasteiger partial charge on any atom is -0.493 e. The third-order valence-electron chi connectivity index (χ3n) is 2.90. The number of ether oxygens (including phenoxy) is 2. The summed E-state index contributed by atoms with van der Waals surface area (Å²) in [4.78, 5) is 15.7. The van der Waals surface area contributed by atoms with Gasteiger partial charge < -0.3 is 14.3 Å². The minimum atomic E-state index is -5.06. The smallest absolute Gasteiger partial charge is 0.492 e. The van der Waals surface area contributed by atoms with E-state index in [0.29, 0.717) is 26.9 Å². The molecule has 1 aromatic carbocycles. The highest BCUT2D eigenvalue weighted by Crippen LogP contribution is 2.58. The maximum absolute atomic E-state index is 12.1. The quantitative estimate of drug-likeness (QED) is 0.339. The van der Waals surface area contributed by atoms with Crippen molar-refractivity contribution in [1.29, 1.82) is 0 Å². The van der Waals surface area contributed by atoms with Gasteiger partial charge in [-0.2, -0.15) is 18.7 Å². The van der Waals surface area contributed by atoms with E-state index in [9.17, 15) is 22.5 Å². The van der Waals surface area contributed by atoms with Gasteiger partial charge in [-0.15, -0.1) is 0 Å². The van der Waals surface area contributed by atoms with E-state index in [1.54, 1.807) is 6.07 Å². The maximum atomic E-state index is 12.1. The zero-order chi connectivity index (χ0) is 17.9. The fraction of sp³-hybridized carbons (Fsp3) is 0.417. The number of hydrogen-bond donors (Lipinski definition) is 1. The monoisotopic (exact) mass is 403 g/mol. The highest BCUT2D eigenvalue weighted by Gasteiger charge is 2.44. The minimum absolute atomic E-state index is 0.0870. The topological polar surface area (TPSA) is 76.7 Å². The number of benzene rings is 1. The summed E-state index contributed by atoms with van der Waals surface area (Å²) >= 11 is 0. The number of hydrogen-bond acceptors (Lipinski definition) is 7. The van der Waals surface area contributed by atoms with Crippen molar-refractivity contribution >= 4 is 36.8 Å². The average molecular weight is 403 g/mol. The number of rotatable bonds is 6. The number of fused-ring (bicyclic) bond motifs is 1. The molecule has 0 fully saturated rings. The van der Waals surface area contributed by atoms with Gasteiger partial charge in [0.2, 0.25) is 14.7 Å². The molecule has 0 saturated heterocycles. The van der Waals surface area contributed by atoms with Crippen molar-refractivity contribution in [2.75, 3.05) is 20.8 Å². The molecular weight excluding hydrogens is 391 g/mol. The molecule has 1 atom stereocenters. The molecular formula is C12H12F3NO5S3+. The lowest BCUT2D eigenvalue weighted by Crippen LogP contribution is -2.32. The molecule has 0 saturated carbocycles. The molecule has 24 heavy (non-hydrogen) atoms. The first-order chi connectivity index (χ1) is 11.3. The van der Waals surface area contributed by atoms with Gasteiger partial charge in [0.1, 0.15) is 4.90 Å². The second-order valence-corrected chi connectivity index (χ2v) is 8.98. The third kappa shape index (κ3) is 4.17. The van der Waals surface area contributed by atoms with Gasteiger partial charge in [0.15, 0.2) is 11.5 Å².